The van der Waals surface area contributed by atoms with Gasteiger partial charge in [0.2, 0.25) is 0 Å². The van der Waals surface area contributed by atoms with Crippen molar-refractivity contribution in [3.63, 3.8) is 0 Å². The molecule has 0 radical (unpaired) electrons. The Morgan fingerprint density at radius 3 is 2.63 bits per heavy atom. The summed E-state index contributed by atoms with van der Waals surface area (Å²) in [6.07, 6.45) is 3.85. The van der Waals surface area contributed by atoms with Crippen LogP contribution in [0.3, 0.4) is 0 Å². The molecule has 1 fully saturated rings. The van der Waals surface area contributed by atoms with E-state index < -0.39 is 5.91 Å². The minimum atomic E-state index is -0.651. The van der Waals surface area contributed by atoms with Crippen LogP contribution in [0, 0.1) is 6.92 Å². The summed E-state index contributed by atoms with van der Waals surface area (Å²) in [5, 5.41) is 5.05. The van der Waals surface area contributed by atoms with Crippen molar-refractivity contribution in [2.45, 2.75) is 25.8 Å². The molecular formula is C29H27Cl2N5O2. The fourth-order valence-corrected chi connectivity index (χ4v) is 5.48. The van der Waals surface area contributed by atoms with Gasteiger partial charge in [0, 0.05) is 47.4 Å². The first kappa shape index (κ1) is 26.1. The summed E-state index contributed by atoms with van der Waals surface area (Å²) in [5.74, 6) is -0.775. The topological polar surface area (TPSA) is 101 Å². The summed E-state index contributed by atoms with van der Waals surface area (Å²) in [7, 11) is 1.82. The Hall–Kier alpha value is -3.52. The van der Waals surface area contributed by atoms with Gasteiger partial charge in [-0.3, -0.25) is 14.6 Å². The number of primary amides is 1. The summed E-state index contributed by atoms with van der Waals surface area (Å²) in [5.41, 5.74) is 10.2. The third-order valence-electron chi connectivity index (χ3n) is 6.81. The first-order chi connectivity index (χ1) is 18.2. The van der Waals surface area contributed by atoms with E-state index in [1.165, 1.54) is 6.07 Å². The number of halogens is 2. The molecule has 1 saturated heterocycles. The molecule has 0 unspecified atom stereocenters. The van der Waals surface area contributed by atoms with Crippen LogP contribution >= 0.6 is 23.2 Å². The molecule has 38 heavy (non-hydrogen) atoms. The molecular weight excluding hydrogens is 521 g/mol. The van der Waals surface area contributed by atoms with E-state index in [-0.39, 0.29) is 17.6 Å². The van der Waals surface area contributed by atoms with Crippen LogP contribution < -0.4 is 11.1 Å². The van der Waals surface area contributed by atoms with Crippen LogP contribution in [0.4, 0.5) is 0 Å². The molecule has 1 aliphatic heterocycles. The third-order valence-corrected chi connectivity index (χ3v) is 7.33. The zero-order chi connectivity index (χ0) is 27.0. The first-order valence-corrected chi connectivity index (χ1v) is 13.1. The van der Waals surface area contributed by atoms with Gasteiger partial charge in [-0.25, -0.2) is 4.98 Å². The average molecular weight is 548 g/mol. The molecule has 2 aromatic carbocycles. The van der Waals surface area contributed by atoms with Crippen molar-refractivity contribution >= 4 is 45.9 Å². The summed E-state index contributed by atoms with van der Waals surface area (Å²) in [6.45, 7) is 3.50. The molecule has 0 spiro atoms. The molecule has 2 aromatic heterocycles. The minimum Gasteiger partial charge on any atom is -0.364 e. The molecule has 3 N–H and O–H groups in total. The Labute approximate surface area is 231 Å². The number of benzene rings is 2. The van der Waals surface area contributed by atoms with Gasteiger partial charge in [0.15, 0.2) is 0 Å². The Balaban J connectivity index is 1.71. The number of rotatable bonds is 6. The SMILES string of the molecule is Cc1cc(Cl)cc(-c2cnc3ccc(-c4nc(C(N)=O)ccc4Cl)cc3c2C(=O)N(C)C[C@@H]2CCCN2)c1. The molecule has 1 aliphatic rings. The number of carbonyl (C=O) groups is 2. The normalized spacial score (nSPS) is 15.1. The summed E-state index contributed by atoms with van der Waals surface area (Å²) in [4.78, 5) is 36.7. The van der Waals surface area contributed by atoms with E-state index in [0.29, 0.717) is 49.9 Å². The number of pyridine rings is 2. The Bertz CT molecular complexity index is 1550. The van der Waals surface area contributed by atoms with Gasteiger partial charge in [-0.1, -0.05) is 35.3 Å². The zero-order valence-electron chi connectivity index (χ0n) is 21.1. The van der Waals surface area contributed by atoms with Crippen molar-refractivity contribution in [1.29, 1.82) is 0 Å². The van der Waals surface area contributed by atoms with Crippen molar-refractivity contribution < 1.29 is 9.59 Å². The molecule has 5 rings (SSSR count). The smallest absolute Gasteiger partial charge is 0.267 e. The van der Waals surface area contributed by atoms with Gasteiger partial charge >= 0.3 is 0 Å². The van der Waals surface area contributed by atoms with E-state index in [1.807, 2.05) is 50.4 Å². The highest BCUT2D eigenvalue weighted by Gasteiger charge is 2.25. The predicted molar refractivity (Wildman–Crippen MR) is 152 cm³/mol. The Morgan fingerprint density at radius 2 is 1.92 bits per heavy atom. The van der Waals surface area contributed by atoms with Gasteiger partial charge in [0.05, 0.1) is 21.8 Å². The lowest BCUT2D eigenvalue weighted by atomic mass is 9.94. The molecule has 0 bridgehead atoms. The lowest BCUT2D eigenvalue weighted by Gasteiger charge is -2.24. The maximum atomic E-state index is 14.1. The van der Waals surface area contributed by atoms with Crippen LogP contribution in [-0.4, -0.2) is 52.9 Å². The van der Waals surface area contributed by atoms with Crippen LogP contribution in [0.15, 0.2) is 54.7 Å². The molecule has 7 nitrogen and oxygen atoms in total. The number of hydrogen-bond donors (Lipinski definition) is 2. The number of fused-ring (bicyclic) bond motifs is 1. The molecule has 4 aromatic rings. The maximum Gasteiger partial charge on any atom is 0.267 e. The lowest BCUT2D eigenvalue weighted by Crippen LogP contribution is -2.38. The van der Waals surface area contributed by atoms with Crippen LogP contribution in [-0.2, 0) is 0 Å². The summed E-state index contributed by atoms with van der Waals surface area (Å²) >= 11 is 12.9. The number of nitrogens with zero attached hydrogens (tertiary/aromatic N) is 3. The third kappa shape index (κ3) is 5.23. The Morgan fingerprint density at radius 1 is 1.11 bits per heavy atom. The van der Waals surface area contributed by atoms with E-state index in [0.717, 1.165) is 30.5 Å². The number of carbonyl (C=O) groups excluding carboxylic acids is 2. The largest absolute Gasteiger partial charge is 0.364 e. The highest BCUT2D eigenvalue weighted by molar-refractivity contribution is 6.33. The predicted octanol–water partition coefficient (Wildman–Crippen LogP) is 5.50. The minimum absolute atomic E-state index is 0.103. The molecule has 3 heterocycles. The number of likely N-dealkylation sites (N-methyl/N-ethyl adjacent to an activating group) is 1. The molecule has 9 heteroatoms. The monoisotopic (exact) mass is 547 g/mol. The van der Waals surface area contributed by atoms with E-state index >= 15 is 0 Å². The molecule has 0 saturated carbocycles. The van der Waals surface area contributed by atoms with Crippen molar-refractivity contribution in [2.75, 3.05) is 20.1 Å². The number of aryl methyl sites for hydroxylation is 1. The number of nitrogens with one attached hydrogen (secondary N) is 1. The number of hydrogen-bond acceptors (Lipinski definition) is 5. The number of amides is 2. The quantitative estimate of drug-likeness (QED) is 0.331. The van der Waals surface area contributed by atoms with Gasteiger partial charge < -0.3 is 16.0 Å². The number of aromatic nitrogens is 2. The lowest BCUT2D eigenvalue weighted by molar-refractivity contribution is 0.0786. The average Bonchev–Trinajstić information content (AvgIpc) is 3.40. The molecule has 194 valence electrons. The highest BCUT2D eigenvalue weighted by atomic mass is 35.5. The molecule has 1 atom stereocenters. The van der Waals surface area contributed by atoms with Crippen molar-refractivity contribution in [3.8, 4) is 22.4 Å². The van der Waals surface area contributed by atoms with Crippen LogP contribution in [0.5, 0.6) is 0 Å². The Kier molecular flexibility index (Phi) is 7.34. The van der Waals surface area contributed by atoms with E-state index in [1.54, 1.807) is 17.2 Å². The molecule has 2 amide bonds. The second-order valence-electron chi connectivity index (χ2n) is 9.67. The van der Waals surface area contributed by atoms with Gasteiger partial charge in [0.25, 0.3) is 11.8 Å². The maximum absolute atomic E-state index is 14.1. The van der Waals surface area contributed by atoms with Gasteiger partial charge in [-0.2, -0.15) is 0 Å². The van der Waals surface area contributed by atoms with Crippen LogP contribution in [0.1, 0.15) is 39.3 Å². The van der Waals surface area contributed by atoms with Crippen LogP contribution in [0.2, 0.25) is 10.0 Å². The summed E-state index contributed by atoms with van der Waals surface area (Å²) < 4.78 is 0. The van der Waals surface area contributed by atoms with Crippen molar-refractivity contribution in [1.82, 2.24) is 20.2 Å². The van der Waals surface area contributed by atoms with Gasteiger partial charge in [0.1, 0.15) is 5.69 Å². The zero-order valence-corrected chi connectivity index (χ0v) is 22.6. The van der Waals surface area contributed by atoms with Crippen molar-refractivity contribution in [3.05, 3.63) is 81.6 Å². The summed E-state index contributed by atoms with van der Waals surface area (Å²) in [6, 6.07) is 14.5. The van der Waals surface area contributed by atoms with Crippen LogP contribution in [0.25, 0.3) is 33.3 Å². The number of nitrogens with two attached hydrogens (primary N) is 1. The van der Waals surface area contributed by atoms with Gasteiger partial charge in [-0.05, 0) is 73.8 Å². The highest BCUT2D eigenvalue weighted by Crippen LogP contribution is 2.35. The van der Waals surface area contributed by atoms with Gasteiger partial charge in [-0.15, -0.1) is 0 Å². The van der Waals surface area contributed by atoms with E-state index in [9.17, 15) is 9.59 Å². The second-order valence-corrected chi connectivity index (χ2v) is 10.5. The standard InChI is InChI=1S/C29H27Cl2N5O2/c1-16-10-18(12-19(30)11-16)22-14-34-24-7-5-17(27-23(31)6-8-25(35-27)28(32)37)13-21(24)26(22)29(38)36(2)15-20-4-3-9-33-20/h5-8,10-14,20,33H,3-4,9,15H2,1-2H3,(H2,32,37)/t20-/m0/s1. The first-order valence-electron chi connectivity index (χ1n) is 12.4. The fourth-order valence-electron chi connectivity index (χ4n) is 4.98. The molecule has 0 aliphatic carbocycles. The van der Waals surface area contributed by atoms with E-state index in [2.05, 4.69) is 15.3 Å². The second kappa shape index (κ2) is 10.7. The van der Waals surface area contributed by atoms with Crippen molar-refractivity contribution in [2.24, 2.45) is 5.73 Å². The fraction of sp³-hybridized carbons (Fsp3) is 0.241. The van der Waals surface area contributed by atoms with E-state index in [4.69, 9.17) is 28.9 Å².